The van der Waals surface area contributed by atoms with Crippen molar-refractivity contribution in [2.24, 2.45) is 10.9 Å². The highest BCUT2D eigenvalue weighted by Crippen LogP contribution is 2.18. The van der Waals surface area contributed by atoms with E-state index in [-0.39, 0.29) is 11.4 Å². The zero-order chi connectivity index (χ0) is 14.7. The van der Waals surface area contributed by atoms with E-state index in [4.69, 9.17) is 10.9 Å². The van der Waals surface area contributed by atoms with Crippen molar-refractivity contribution in [2.45, 2.75) is 19.9 Å². The van der Waals surface area contributed by atoms with Gasteiger partial charge in [-0.3, -0.25) is 4.79 Å². The van der Waals surface area contributed by atoms with E-state index in [0.29, 0.717) is 0 Å². The molecular formula is C12H15F2N3O2. The van der Waals surface area contributed by atoms with Gasteiger partial charge in [0.15, 0.2) is 5.84 Å². The predicted octanol–water partition coefficient (Wildman–Crippen LogP) is 1.48. The summed E-state index contributed by atoms with van der Waals surface area (Å²) in [5.41, 5.74) is 4.87. The molecule has 1 atom stereocenters. The Labute approximate surface area is 109 Å². The molecule has 0 fully saturated rings. The summed E-state index contributed by atoms with van der Waals surface area (Å²) in [5, 5.41) is 11.3. The highest BCUT2D eigenvalue weighted by atomic mass is 19.1. The summed E-state index contributed by atoms with van der Waals surface area (Å²) in [5.74, 6) is -2.97. The summed E-state index contributed by atoms with van der Waals surface area (Å²) >= 11 is 0. The second-order valence-corrected chi connectivity index (χ2v) is 4.17. The molecule has 5 nitrogen and oxygen atoms in total. The number of likely N-dealkylation sites (N-methyl/N-ethyl adjacent to an activating group) is 1. The van der Waals surface area contributed by atoms with Crippen LogP contribution in [0.15, 0.2) is 17.3 Å². The minimum absolute atomic E-state index is 0.162. The van der Waals surface area contributed by atoms with Crippen LogP contribution in [0.2, 0.25) is 0 Å². The van der Waals surface area contributed by atoms with Crippen LogP contribution in [0, 0.1) is 18.6 Å². The van der Waals surface area contributed by atoms with Gasteiger partial charge in [0.1, 0.15) is 17.2 Å². The van der Waals surface area contributed by atoms with E-state index in [9.17, 15) is 13.6 Å². The lowest BCUT2D eigenvalue weighted by Crippen LogP contribution is -2.44. The zero-order valence-electron chi connectivity index (χ0n) is 10.8. The van der Waals surface area contributed by atoms with E-state index < -0.39 is 29.1 Å². The molecule has 19 heavy (non-hydrogen) atoms. The lowest BCUT2D eigenvalue weighted by atomic mass is 10.1. The van der Waals surface area contributed by atoms with Crippen LogP contribution < -0.4 is 5.73 Å². The average molecular weight is 271 g/mol. The van der Waals surface area contributed by atoms with Crippen molar-refractivity contribution in [3.8, 4) is 0 Å². The molecule has 0 aromatic heterocycles. The Bertz CT molecular complexity index is 532. The van der Waals surface area contributed by atoms with Gasteiger partial charge in [-0.2, -0.15) is 0 Å². The van der Waals surface area contributed by atoms with E-state index in [1.165, 1.54) is 27.0 Å². The predicted molar refractivity (Wildman–Crippen MR) is 66.1 cm³/mol. The summed E-state index contributed by atoms with van der Waals surface area (Å²) in [6.07, 6.45) is 0. The molecule has 0 aliphatic carbocycles. The molecule has 1 rings (SSSR count). The first-order valence-electron chi connectivity index (χ1n) is 5.50. The van der Waals surface area contributed by atoms with Crippen molar-refractivity contribution in [2.75, 3.05) is 7.05 Å². The standard InChI is InChI=1S/C12H15F2N3O2/c1-6-4-5-8(13)9(10(6)14)12(18)17(3)7(2)11(15)16-19/h4-5,7,19H,1-3H3,(H2,15,16). The highest BCUT2D eigenvalue weighted by Gasteiger charge is 2.26. The maximum absolute atomic E-state index is 13.8. The molecule has 0 aliphatic heterocycles. The number of carbonyl (C=O) groups is 1. The number of hydrogen-bond acceptors (Lipinski definition) is 3. The molecule has 0 saturated carbocycles. The molecule has 1 unspecified atom stereocenters. The molecule has 1 aromatic rings. The van der Waals surface area contributed by atoms with E-state index in [0.717, 1.165) is 11.0 Å². The molecule has 0 bridgehead atoms. The summed E-state index contributed by atoms with van der Waals surface area (Å²) in [4.78, 5) is 13.1. The third-order valence-electron chi connectivity index (χ3n) is 2.94. The van der Waals surface area contributed by atoms with Crippen molar-refractivity contribution in [1.82, 2.24) is 4.90 Å². The van der Waals surface area contributed by atoms with Crippen molar-refractivity contribution < 1.29 is 18.8 Å². The van der Waals surface area contributed by atoms with E-state index in [1.807, 2.05) is 0 Å². The van der Waals surface area contributed by atoms with Crippen molar-refractivity contribution in [3.63, 3.8) is 0 Å². The molecule has 7 heteroatoms. The fourth-order valence-corrected chi connectivity index (χ4v) is 1.49. The molecule has 0 saturated heterocycles. The smallest absolute Gasteiger partial charge is 0.260 e. The minimum atomic E-state index is -0.952. The monoisotopic (exact) mass is 271 g/mol. The number of nitrogens with two attached hydrogens (primary N) is 1. The number of rotatable bonds is 3. The van der Waals surface area contributed by atoms with Crippen LogP contribution in [0.3, 0.4) is 0 Å². The molecule has 0 heterocycles. The Morgan fingerprint density at radius 1 is 1.47 bits per heavy atom. The third kappa shape index (κ3) is 2.81. The second-order valence-electron chi connectivity index (χ2n) is 4.17. The molecule has 1 amide bonds. The molecule has 0 aliphatic rings. The van der Waals surface area contributed by atoms with Gasteiger partial charge in [-0.15, -0.1) is 0 Å². The number of carbonyl (C=O) groups excluding carboxylic acids is 1. The number of amides is 1. The van der Waals surface area contributed by atoms with Gasteiger partial charge in [0.2, 0.25) is 0 Å². The maximum Gasteiger partial charge on any atom is 0.260 e. The summed E-state index contributed by atoms with van der Waals surface area (Å²) in [6.45, 7) is 2.90. The number of oxime groups is 1. The van der Waals surface area contributed by atoms with Gasteiger partial charge in [-0.1, -0.05) is 11.2 Å². The molecule has 0 spiro atoms. The summed E-state index contributed by atoms with van der Waals surface area (Å²) in [7, 11) is 1.31. The fourth-order valence-electron chi connectivity index (χ4n) is 1.49. The molecule has 1 aromatic carbocycles. The first kappa shape index (κ1) is 14.9. The van der Waals surface area contributed by atoms with Crippen LogP contribution in [0.25, 0.3) is 0 Å². The van der Waals surface area contributed by atoms with Gasteiger partial charge in [-0.05, 0) is 25.5 Å². The first-order valence-corrected chi connectivity index (χ1v) is 5.50. The molecular weight excluding hydrogens is 256 g/mol. The van der Waals surface area contributed by atoms with E-state index >= 15 is 0 Å². The van der Waals surface area contributed by atoms with Gasteiger partial charge in [-0.25, -0.2) is 8.78 Å². The summed E-state index contributed by atoms with van der Waals surface area (Å²) < 4.78 is 27.4. The molecule has 3 N–H and O–H groups in total. The van der Waals surface area contributed by atoms with Crippen LogP contribution >= 0.6 is 0 Å². The Morgan fingerprint density at radius 2 is 2.05 bits per heavy atom. The largest absolute Gasteiger partial charge is 0.409 e. The van der Waals surface area contributed by atoms with Crippen LogP contribution in [0.5, 0.6) is 0 Å². The average Bonchev–Trinajstić information content (AvgIpc) is 2.40. The lowest BCUT2D eigenvalue weighted by Gasteiger charge is -2.24. The van der Waals surface area contributed by atoms with Crippen molar-refractivity contribution in [1.29, 1.82) is 0 Å². The number of aryl methyl sites for hydroxylation is 1. The number of amidine groups is 1. The van der Waals surface area contributed by atoms with Crippen LogP contribution in [-0.2, 0) is 0 Å². The lowest BCUT2D eigenvalue weighted by molar-refractivity contribution is 0.0766. The van der Waals surface area contributed by atoms with Gasteiger partial charge in [0.05, 0.1) is 6.04 Å². The molecule has 0 radical (unpaired) electrons. The highest BCUT2D eigenvalue weighted by molar-refractivity contribution is 5.98. The van der Waals surface area contributed by atoms with Crippen molar-refractivity contribution in [3.05, 3.63) is 34.9 Å². The third-order valence-corrected chi connectivity index (χ3v) is 2.94. The number of benzene rings is 1. The van der Waals surface area contributed by atoms with Crippen LogP contribution in [0.4, 0.5) is 8.78 Å². The Morgan fingerprint density at radius 3 is 2.58 bits per heavy atom. The fraction of sp³-hybridized carbons (Fsp3) is 0.333. The van der Waals surface area contributed by atoms with Crippen LogP contribution in [-0.4, -0.2) is 34.9 Å². The van der Waals surface area contributed by atoms with Gasteiger partial charge in [0.25, 0.3) is 5.91 Å². The van der Waals surface area contributed by atoms with Gasteiger partial charge >= 0.3 is 0 Å². The minimum Gasteiger partial charge on any atom is -0.409 e. The number of nitrogens with zero attached hydrogens (tertiary/aromatic N) is 2. The van der Waals surface area contributed by atoms with Crippen molar-refractivity contribution >= 4 is 11.7 Å². The quantitative estimate of drug-likeness (QED) is 0.378. The normalized spacial score (nSPS) is 13.2. The number of hydrogen-bond donors (Lipinski definition) is 2. The maximum atomic E-state index is 13.8. The van der Waals surface area contributed by atoms with Gasteiger partial charge < -0.3 is 15.8 Å². The Hall–Kier alpha value is -2.18. The second kappa shape index (κ2) is 5.64. The zero-order valence-corrected chi connectivity index (χ0v) is 10.8. The topological polar surface area (TPSA) is 78.9 Å². The Kier molecular flexibility index (Phi) is 4.42. The molecule has 104 valence electrons. The van der Waals surface area contributed by atoms with Gasteiger partial charge in [0, 0.05) is 7.05 Å². The first-order chi connectivity index (χ1) is 8.81. The van der Waals surface area contributed by atoms with Crippen LogP contribution in [0.1, 0.15) is 22.8 Å². The van der Waals surface area contributed by atoms with E-state index in [2.05, 4.69) is 5.16 Å². The van der Waals surface area contributed by atoms with E-state index in [1.54, 1.807) is 0 Å². The SMILES string of the molecule is Cc1ccc(F)c(C(=O)N(C)C(C)/C(N)=N/O)c1F. The Balaban J connectivity index is 3.18. The number of halogens is 2. The summed E-state index contributed by atoms with van der Waals surface area (Å²) in [6, 6.07) is 1.47.